The van der Waals surface area contributed by atoms with Gasteiger partial charge in [0.05, 0.1) is 6.04 Å². The average Bonchev–Trinajstić information content (AvgIpc) is 3.14. The lowest BCUT2D eigenvalue weighted by Crippen LogP contribution is -2.35. The van der Waals surface area contributed by atoms with Crippen molar-refractivity contribution in [2.24, 2.45) is 23.6 Å². The second kappa shape index (κ2) is 4.61. The molecule has 2 saturated carbocycles. The van der Waals surface area contributed by atoms with Gasteiger partial charge in [0.2, 0.25) is 0 Å². The Hall–Kier alpha value is -1.32. The minimum atomic E-state index is 0.164. The van der Waals surface area contributed by atoms with Crippen molar-refractivity contribution in [3.05, 3.63) is 35.6 Å². The van der Waals surface area contributed by atoms with Crippen LogP contribution in [0.5, 0.6) is 0 Å². The van der Waals surface area contributed by atoms with Crippen molar-refractivity contribution in [3.63, 3.8) is 0 Å². The number of hydrogen-bond donors (Lipinski definition) is 2. The molecule has 106 valence electrons. The average molecular weight is 270 g/mol. The van der Waals surface area contributed by atoms with Crippen LogP contribution < -0.4 is 11.3 Å². The Bertz CT molecular complexity index is 633. The summed E-state index contributed by atoms with van der Waals surface area (Å²) in [5.41, 5.74) is 5.23. The standard InChI is InChI=1S/C17H22N2O/c1-10-3-2-4-13-9-15(20-17(10)13)16(19-18)14-8-11-5-6-12(14)7-11/h2-4,9,11-12,14,16,19H,5-8,18H2,1H3. The lowest BCUT2D eigenvalue weighted by Gasteiger charge is -2.28. The van der Waals surface area contributed by atoms with Gasteiger partial charge in [-0.05, 0) is 55.6 Å². The Kier molecular flexibility index (Phi) is 2.86. The van der Waals surface area contributed by atoms with Gasteiger partial charge in [-0.15, -0.1) is 0 Å². The number of nitrogens with one attached hydrogen (secondary N) is 1. The molecule has 4 unspecified atom stereocenters. The van der Waals surface area contributed by atoms with Crippen molar-refractivity contribution in [2.45, 2.75) is 38.6 Å². The first kappa shape index (κ1) is 12.4. The van der Waals surface area contributed by atoms with E-state index in [1.54, 1.807) is 0 Å². The lowest BCUT2D eigenvalue weighted by atomic mass is 9.82. The van der Waals surface area contributed by atoms with Crippen LogP contribution in [0.1, 0.15) is 43.0 Å². The van der Waals surface area contributed by atoms with Crippen LogP contribution in [0.4, 0.5) is 0 Å². The van der Waals surface area contributed by atoms with Gasteiger partial charge < -0.3 is 4.42 Å². The molecule has 3 nitrogen and oxygen atoms in total. The molecule has 1 heterocycles. The fourth-order valence-corrected chi connectivity index (χ4v) is 4.50. The number of benzene rings is 1. The van der Waals surface area contributed by atoms with Crippen LogP contribution in [-0.2, 0) is 0 Å². The summed E-state index contributed by atoms with van der Waals surface area (Å²) >= 11 is 0. The summed E-state index contributed by atoms with van der Waals surface area (Å²) in [7, 11) is 0. The molecule has 0 spiro atoms. The molecule has 3 N–H and O–H groups in total. The summed E-state index contributed by atoms with van der Waals surface area (Å²) in [5, 5.41) is 1.18. The Balaban J connectivity index is 1.71. The number of furan rings is 1. The minimum Gasteiger partial charge on any atom is -0.459 e. The molecule has 2 aliphatic carbocycles. The maximum atomic E-state index is 6.13. The molecule has 0 saturated heterocycles. The molecule has 1 aromatic carbocycles. The van der Waals surface area contributed by atoms with Crippen LogP contribution in [0.25, 0.3) is 11.0 Å². The third kappa shape index (κ3) is 1.80. The number of hydrazine groups is 1. The second-order valence-corrected chi connectivity index (χ2v) is 6.63. The highest BCUT2D eigenvalue weighted by molar-refractivity contribution is 5.81. The topological polar surface area (TPSA) is 51.2 Å². The summed E-state index contributed by atoms with van der Waals surface area (Å²) in [6, 6.07) is 8.62. The maximum Gasteiger partial charge on any atom is 0.137 e. The summed E-state index contributed by atoms with van der Waals surface area (Å²) < 4.78 is 6.13. The lowest BCUT2D eigenvalue weighted by molar-refractivity contribution is 0.230. The van der Waals surface area contributed by atoms with Crippen molar-refractivity contribution < 1.29 is 4.42 Å². The fourth-order valence-electron chi connectivity index (χ4n) is 4.50. The van der Waals surface area contributed by atoms with E-state index in [0.717, 1.165) is 23.2 Å². The van der Waals surface area contributed by atoms with E-state index in [9.17, 15) is 0 Å². The van der Waals surface area contributed by atoms with Crippen molar-refractivity contribution in [1.82, 2.24) is 5.43 Å². The Morgan fingerprint density at radius 2 is 2.20 bits per heavy atom. The zero-order valence-electron chi connectivity index (χ0n) is 11.9. The molecule has 2 aromatic rings. The number of nitrogens with two attached hydrogens (primary N) is 1. The van der Waals surface area contributed by atoms with Crippen LogP contribution >= 0.6 is 0 Å². The highest BCUT2D eigenvalue weighted by Crippen LogP contribution is 2.52. The number of fused-ring (bicyclic) bond motifs is 3. The van der Waals surface area contributed by atoms with Gasteiger partial charge in [0.25, 0.3) is 0 Å². The monoisotopic (exact) mass is 270 g/mol. The zero-order chi connectivity index (χ0) is 13.7. The summed E-state index contributed by atoms with van der Waals surface area (Å²) in [5.74, 6) is 9.27. The SMILES string of the molecule is Cc1cccc2cc(C(NN)C3CC4CCC3C4)oc12. The molecular formula is C17H22N2O. The van der Waals surface area contributed by atoms with E-state index < -0.39 is 0 Å². The number of rotatable bonds is 3. The van der Waals surface area contributed by atoms with Gasteiger partial charge >= 0.3 is 0 Å². The number of para-hydroxylation sites is 1. The Morgan fingerprint density at radius 3 is 2.85 bits per heavy atom. The van der Waals surface area contributed by atoms with E-state index in [1.165, 1.54) is 36.6 Å². The van der Waals surface area contributed by atoms with Gasteiger partial charge in [-0.25, -0.2) is 5.43 Å². The molecule has 0 aliphatic heterocycles. The third-order valence-corrected chi connectivity index (χ3v) is 5.47. The van der Waals surface area contributed by atoms with E-state index in [2.05, 4.69) is 36.6 Å². The number of hydrogen-bond acceptors (Lipinski definition) is 3. The highest BCUT2D eigenvalue weighted by atomic mass is 16.3. The molecule has 4 rings (SSSR count). The predicted octanol–water partition coefficient (Wildman–Crippen LogP) is 3.68. The first-order valence-corrected chi connectivity index (χ1v) is 7.71. The van der Waals surface area contributed by atoms with E-state index in [1.807, 2.05) is 0 Å². The molecule has 0 radical (unpaired) electrons. The van der Waals surface area contributed by atoms with E-state index in [0.29, 0.717) is 5.92 Å². The molecule has 2 bridgehead atoms. The van der Waals surface area contributed by atoms with Gasteiger partial charge in [-0.2, -0.15) is 0 Å². The van der Waals surface area contributed by atoms with Gasteiger partial charge in [0.15, 0.2) is 0 Å². The minimum absolute atomic E-state index is 0.164. The van der Waals surface area contributed by atoms with Crippen molar-refractivity contribution in [2.75, 3.05) is 0 Å². The van der Waals surface area contributed by atoms with Crippen LogP contribution in [-0.4, -0.2) is 0 Å². The molecule has 1 aromatic heterocycles. The fraction of sp³-hybridized carbons (Fsp3) is 0.529. The molecule has 4 atom stereocenters. The molecule has 20 heavy (non-hydrogen) atoms. The van der Waals surface area contributed by atoms with Crippen LogP contribution in [0, 0.1) is 24.7 Å². The van der Waals surface area contributed by atoms with Crippen molar-refractivity contribution >= 4 is 11.0 Å². The molecule has 2 fully saturated rings. The van der Waals surface area contributed by atoms with E-state index >= 15 is 0 Å². The van der Waals surface area contributed by atoms with Crippen LogP contribution in [0.2, 0.25) is 0 Å². The van der Waals surface area contributed by atoms with E-state index in [-0.39, 0.29) is 6.04 Å². The highest BCUT2D eigenvalue weighted by Gasteiger charge is 2.44. The summed E-state index contributed by atoms with van der Waals surface area (Å²) in [6.07, 6.45) is 5.47. The van der Waals surface area contributed by atoms with Crippen molar-refractivity contribution in [1.29, 1.82) is 0 Å². The summed E-state index contributed by atoms with van der Waals surface area (Å²) in [4.78, 5) is 0. The van der Waals surface area contributed by atoms with Crippen molar-refractivity contribution in [3.8, 4) is 0 Å². The largest absolute Gasteiger partial charge is 0.459 e. The quantitative estimate of drug-likeness (QED) is 0.660. The first-order valence-electron chi connectivity index (χ1n) is 7.71. The van der Waals surface area contributed by atoms with Gasteiger partial charge in [-0.1, -0.05) is 24.6 Å². The van der Waals surface area contributed by atoms with Crippen LogP contribution in [0.15, 0.2) is 28.7 Å². The molecule has 3 heteroatoms. The molecular weight excluding hydrogens is 248 g/mol. The summed E-state index contributed by atoms with van der Waals surface area (Å²) in [6.45, 7) is 2.10. The number of aryl methyl sites for hydroxylation is 1. The predicted molar refractivity (Wildman–Crippen MR) is 80.0 cm³/mol. The van der Waals surface area contributed by atoms with Crippen LogP contribution in [0.3, 0.4) is 0 Å². The smallest absolute Gasteiger partial charge is 0.137 e. The third-order valence-electron chi connectivity index (χ3n) is 5.47. The van der Waals surface area contributed by atoms with Gasteiger partial charge in [-0.3, -0.25) is 5.84 Å². The maximum absolute atomic E-state index is 6.13. The van der Waals surface area contributed by atoms with Gasteiger partial charge in [0.1, 0.15) is 11.3 Å². The molecule has 2 aliphatic rings. The Labute approximate surface area is 119 Å². The normalized spacial score (nSPS) is 30.2. The van der Waals surface area contributed by atoms with E-state index in [4.69, 9.17) is 10.3 Å². The second-order valence-electron chi connectivity index (χ2n) is 6.63. The zero-order valence-corrected chi connectivity index (χ0v) is 11.9. The molecule has 0 amide bonds. The Morgan fingerprint density at radius 1 is 1.30 bits per heavy atom. The van der Waals surface area contributed by atoms with Gasteiger partial charge in [0, 0.05) is 5.39 Å². The first-order chi connectivity index (χ1) is 9.76.